The van der Waals surface area contributed by atoms with Crippen LogP contribution in [-0.4, -0.2) is 18.2 Å². The maximum absolute atomic E-state index is 10.5. The van der Waals surface area contributed by atoms with Gasteiger partial charge in [0.15, 0.2) is 0 Å². The maximum atomic E-state index is 10.5. The molecule has 0 heterocycles. The van der Waals surface area contributed by atoms with Crippen molar-refractivity contribution in [2.75, 3.05) is 7.11 Å². The van der Waals surface area contributed by atoms with Gasteiger partial charge in [-0.25, -0.2) is 0 Å². The van der Waals surface area contributed by atoms with E-state index < -0.39 is 5.97 Å². The number of hydrogen-bond donors (Lipinski definition) is 1. The van der Waals surface area contributed by atoms with Crippen LogP contribution in [0.4, 0.5) is 0 Å². The third-order valence-corrected chi connectivity index (χ3v) is 3.03. The minimum absolute atomic E-state index is 0.101. The highest BCUT2D eigenvalue weighted by atomic mass is 35.5. The van der Waals surface area contributed by atoms with Crippen LogP contribution in [0.2, 0.25) is 5.02 Å². The van der Waals surface area contributed by atoms with Crippen molar-refractivity contribution in [2.24, 2.45) is 0 Å². The first-order valence-electron chi connectivity index (χ1n) is 5.01. The number of rotatable bonds is 4. The van der Waals surface area contributed by atoms with Crippen molar-refractivity contribution in [2.45, 2.75) is 26.7 Å². The molecule has 0 saturated heterocycles. The predicted molar refractivity (Wildman–Crippen MR) is 63.4 cm³/mol. The Morgan fingerprint density at radius 3 is 2.56 bits per heavy atom. The minimum atomic E-state index is -0.810. The zero-order chi connectivity index (χ0) is 12.3. The van der Waals surface area contributed by atoms with Gasteiger partial charge in [0.1, 0.15) is 5.75 Å². The molecule has 0 spiro atoms. The van der Waals surface area contributed by atoms with Gasteiger partial charge in [0.25, 0.3) is 0 Å². The van der Waals surface area contributed by atoms with Crippen LogP contribution >= 0.6 is 11.6 Å². The first kappa shape index (κ1) is 12.8. The molecule has 16 heavy (non-hydrogen) atoms. The normalized spacial score (nSPS) is 10.2. The van der Waals surface area contributed by atoms with Crippen LogP contribution in [0.1, 0.15) is 23.1 Å². The summed E-state index contributed by atoms with van der Waals surface area (Å²) >= 11 is 6.06. The Kier molecular flexibility index (Phi) is 4.19. The maximum Gasteiger partial charge on any atom is 0.303 e. The van der Waals surface area contributed by atoms with E-state index in [2.05, 4.69) is 0 Å². The molecule has 0 radical (unpaired) electrons. The van der Waals surface area contributed by atoms with Crippen molar-refractivity contribution in [1.82, 2.24) is 0 Å². The monoisotopic (exact) mass is 242 g/mol. The van der Waals surface area contributed by atoms with Gasteiger partial charge in [0.2, 0.25) is 0 Å². The second-order valence-electron chi connectivity index (χ2n) is 3.69. The number of carboxylic acid groups (broad SMARTS) is 1. The molecule has 0 amide bonds. The van der Waals surface area contributed by atoms with E-state index >= 15 is 0 Å². The predicted octanol–water partition coefficient (Wildman–Crippen LogP) is 2.98. The first-order valence-corrected chi connectivity index (χ1v) is 5.39. The number of carbonyl (C=O) groups is 1. The molecule has 3 nitrogen and oxygen atoms in total. The summed E-state index contributed by atoms with van der Waals surface area (Å²) in [4.78, 5) is 10.5. The van der Waals surface area contributed by atoms with E-state index in [-0.39, 0.29) is 6.42 Å². The zero-order valence-electron chi connectivity index (χ0n) is 9.63. The van der Waals surface area contributed by atoms with Crippen LogP contribution in [-0.2, 0) is 11.2 Å². The average Bonchev–Trinajstić information content (AvgIpc) is 2.22. The first-order chi connectivity index (χ1) is 7.47. The molecule has 4 heteroatoms. The molecule has 1 N–H and O–H groups in total. The van der Waals surface area contributed by atoms with E-state index in [9.17, 15) is 4.79 Å². The Bertz CT molecular complexity index is 413. The summed E-state index contributed by atoms with van der Waals surface area (Å²) < 4.78 is 5.27. The minimum Gasteiger partial charge on any atom is -0.496 e. The van der Waals surface area contributed by atoms with Crippen molar-refractivity contribution in [3.63, 3.8) is 0 Å². The van der Waals surface area contributed by atoms with Crippen LogP contribution in [0.5, 0.6) is 5.75 Å². The molecule has 0 aromatic heterocycles. The lowest BCUT2D eigenvalue weighted by Gasteiger charge is -2.14. The standard InChI is InChI=1S/C12H15ClO3/c1-7-9(4-5-11(14)15)6-10(13)8(2)12(7)16-3/h6H,4-5H2,1-3H3,(H,14,15). The summed E-state index contributed by atoms with van der Waals surface area (Å²) in [5.41, 5.74) is 2.78. The average molecular weight is 243 g/mol. The third kappa shape index (κ3) is 2.67. The van der Waals surface area contributed by atoms with E-state index in [1.807, 2.05) is 19.9 Å². The smallest absolute Gasteiger partial charge is 0.303 e. The van der Waals surface area contributed by atoms with Crippen LogP contribution < -0.4 is 4.74 Å². The van der Waals surface area contributed by atoms with Crippen molar-refractivity contribution in [3.05, 3.63) is 27.8 Å². The van der Waals surface area contributed by atoms with E-state index in [1.54, 1.807) is 7.11 Å². The lowest BCUT2D eigenvalue weighted by Crippen LogP contribution is -2.02. The van der Waals surface area contributed by atoms with Crippen LogP contribution in [0.25, 0.3) is 0 Å². The molecule has 0 unspecified atom stereocenters. The fraction of sp³-hybridized carbons (Fsp3) is 0.417. The van der Waals surface area contributed by atoms with Gasteiger partial charge in [-0.3, -0.25) is 4.79 Å². The van der Waals surface area contributed by atoms with Crippen molar-refractivity contribution >= 4 is 17.6 Å². The molecule has 0 saturated carbocycles. The summed E-state index contributed by atoms with van der Waals surface area (Å²) in [6.45, 7) is 3.80. The summed E-state index contributed by atoms with van der Waals surface area (Å²) in [6, 6.07) is 1.82. The van der Waals surface area contributed by atoms with E-state index in [4.69, 9.17) is 21.4 Å². The Hall–Kier alpha value is -1.22. The number of ether oxygens (including phenoxy) is 1. The Balaban J connectivity index is 3.10. The Morgan fingerprint density at radius 1 is 1.44 bits per heavy atom. The van der Waals surface area contributed by atoms with Crippen LogP contribution in [0, 0.1) is 13.8 Å². The lowest BCUT2D eigenvalue weighted by atomic mass is 10.00. The van der Waals surface area contributed by atoms with Crippen molar-refractivity contribution < 1.29 is 14.6 Å². The van der Waals surface area contributed by atoms with E-state index in [0.717, 1.165) is 22.4 Å². The molecule has 0 bridgehead atoms. The second-order valence-corrected chi connectivity index (χ2v) is 4.10. The molecule has 0 aliphatic carbocycles. The molecular weight excluding hydrogens is 228 g/mol. The highest BCUT2D eigenvalue weighted by Gasteiger charge is 2.12. The molecule has 0 aliphatic heterocycles. The Morgan fingerprint density at radius 2 is 2.06 bits per heavy atom. The van der Waals surface area contributed by atoms with E-state index in [0.29, 0.717) is 11.4 Å². The fourth-order valence-electron chi connectivity index (χ4n) is 1.71. The molecular formula is C12H15ClO3. The summed E-state index contributed by atoms with van der Waals surface area (Å²) in [6.07, 6.45) is 0.570. The molecule has 0 atom stereocenters. The van der Waals surface area contributed by atoms with Gasteiger partial charge in [0.05, 0.1) is 7.11 Å². The van der Waals surface area contributed by atoms with Gasteiger partial charge in [-0.05, 0) is 37.5 Å². The topological polar surface area (TPSA) is 46.5 Å². The van der Waals surface area contributed by atoms with Gasteiger partial charge >= 0.3 is 5.97 Å². The highest BCUT2D eigenvalue weighted by Crippen LogP contribution is 2.32. The summed E-state index contributed by atoms with van der Waals surface area (Å²) in [5, 5.41) is 9.27. The van der Waals surface area contributed by atoms with Crippen molar-refractivity contribution in [3.8, 4) is 5.75 Å². The van der Waals surface area contributed by atoms with Crippen LogP contribution in [0.15, 0.2) is 6.07 Å². The zero-order valence-corrected chi connectivity index (χ0v) is 10.4. The lowest BCUT2D eigenvalue weighted by molar-refractivity contribution is -0.136. The largest absolute Gasteiger partial charge is 0.496 e. The number of aryl methyl sites for hydroxylation is 1. The Labute approximate surface area is 100.0 Å². The molecule has 1 aromatic rings. The molecule has 1 aromatic carbocycles. The fourth-order valence-corrected chi connectivity index (χ4v) is 1.93. The number of hydrogen-bond acceptors (Lipinski definition) is 2. The van der Waals surface area contributed by atoms with Gasteiger partial charge < -0.3 is 9.84 Å². The van der Waals surface area contributed by atoms with E-state index in [1.165, 1.54) is 0 Å². The number of aliphatic carboxylic acids is 1. The number of methoxy groups -OCH3 is 1. The second kappa shape index (κ2) is 5.21. The molecule has 0 aliphatic rings. The van der Waals surface area contributed by atoms with Gasteiger partial charge in [-0.15, -0.1) is 0 Å². The van der Waals surface area contributed by atoms with Crippen molar-refractivity contribution in [1.29, 1.82) is 0 Å². The number of carboxylic acids is 1. The third-order valence-electron chi connectivity index (χ3n) is 2.63. The summed E-state index contributed by atoms with van der Waals surface area (Å²) in [5.74, 6) is -0.0667. The number of halogens is 1. The molecule has 88 valence electrons. The SMILES string of the molecule is COc1c(C)c(Cl)cc(CCC(=O)O)c1C. The quantitative estimate of drug-likeness (QED) is 0.883. The summed E-state index contributed by atoms with van der Waals surface area (Å²) in [7, 11) is 1.59. The highest BCUT2D eigenvalue weighted by molar-refractivity contribution is 6.31. The molecule has 1 rings (SSSR count). The van der Waals surface area contributed by atoms with Crippen LogP contribution in [0.3, 0.4) is 0 Å². The molecule has 0 fully saturated rings. The van der Waals surface area contributed by atoms with Gasteiger partial charge in [-0.2, -0.15) is 0 Å². The van der Waals surface area contributed by atoms with Gasteiger partial charge in [0, 0.05) is 17.0 Å². The van der Waals surface area contributed by atoms with Gasteiger partial charge in [-0.1, -0.05) is 11.6 Å². The number of benzene rings is 1.